The molecule has 0 aromatic rings. The molecular weight excluding hydrogens is 232 g/mol. The second kappa shape index (κ2) is 3.98. The van der Waals surface area contributed by atoms with Gasteiger partial charge in [-0.1, -0.05) is 0 Å². The Hall–Kier alpha value is -0.0800. The fourth-order valence-electron chi connectivity index (χ4n) is 7.04. The van der Waals surface area contributed by atoms with Crippen molar-refractivity contribution in [3.63, 3.8) is 0 Å². The van der Waals surface area contributed by atoms with E-state index in [-0.39, 0.29) is 0 Å². The van der Waals surface area contributed by atoms with Crippen molar-refractivity contribution in [3.8, 4) is 0 Å². The molecule has 6 fully saturated rings. The Balaban J connectivity index is 1.31. The highest BCUT2D eigenvalue weighted by molar-refractivity contribution is 5.04. The van der Waals surface area contributed by atoms with E-state index in [0.29, 0.717) is 0 Å². The highest BCUT2D eigenvalue weighted by Gasteiger charge is 2.52. The van der Waals surface area contributed by atoms with Gasteiger partial charge in [0.1, 0.15) is 0 Å². The van der Waals surface area contributed by atoms with Crippen LogP contribution >= 0.6 is 0 Å². The Labute approximate surface area is 117 Å². The average Bonchev–Trinajstić information content (AvgIpc) is 2.86. The summed E-state index contributed by atoms with van der Waals surface area (Å²) in [7, 11) is 0. The number of nitrogens with zero attached hydrogens (tertiary/aromatic N) is 1. The zero-order valence-electron chi connectivity index (χ0n) is 12.1. The molecule has 6 aliphatic rings. The van der Waals surface area contributed by atoms with Gasteiger partial charge < -0.3 is 10.2 Å². The van der Waals surface area contributed by atoms with Crippen molar-refractivity contribution in [3.05, 3.63) is 0 Å². The molecule has 2 heteroatoms. The number of hydrogen-bond acceptors (Lipinski definition) is 2. The number of hydrogen-bond donors (Lipinski definition) is 1. The van der Waals surface area contributed by atoms with Gasteiger partial charge in [-0.05, 0) is 86.6 Å². The largest absolute Gasteiger partial charge is 0.316 e. The maximum absolute atomic E-state index is 3.58. The molecule has 4 saturated carbocycles. The minimum atomic E-state index is 0.765. The van der Waals surface area contributed by atoms with Crippen molar-refractivity contribution in [1.29, 1.82) is 0 Å². The lowest BCUT2D eigenvalue weighted by atomic mass is 9.49. The summed E-state index contributed by atoms with van der Waals surface area (Å²) in [6.07, 6.45) is 9.53. The predicted octanol–water partition coefficient (Wildman–Crippen LogP) is 2.35. The first-order valence-corrected chi connectivity index (χ1v) is 8.71. The summed E-state index contributed by atoms with van der Waals surface area (Å²) in [6, 6.07) is 0. The summed E-state index contributed by atoms with van der Waals surface area (Å²) in [5.41, 5.74) is 0.765. The van der Waals surface area contributed by atoms with E-state index in [0.717, 1.165) is 35.0 Å². The molecule has 0 radical (unpaired) electrons. The van der Waals surface area contributed by atoms with E-state index in [1.165, 1.54) is 32.7 Å². The third kappa shape index (κ3) is 1.82. The first-order chi connectivity index (χ1) is 9.28. The van der Waals surface area contributed by atoms with Gasteiger partial charge in [0, 0.05) is 19.6 Å². The summed E-state index contributed by atoms with van der Waals surface area (Å²) in [5, 5.41) is 3.58. The van der Waals surface area contributed by atoms with Crippen LogP contribution in [-0.4, -0.2) is 37.6 Å². The fraction of sp³-hybridized carbons (Fsp3) is 1.00. The lowest BCUT2D eigenvalue weighted by molar-refractivity contribution is -0.0672. The molecule has 2 aliphatic heterocycles. The molecule has 19 heavy (non-hydrogen) atoms. The molecule has 2 saturated heterocycles. The van der Waals surface area contributed by atoms with Crippen molar-refractivity contribution in [1.82, 2.24) is 10.2 Å². The summed E-state index contributed by atoms with van der Waals surface area (Å²) in [6.45, 7) is 6.85. The molecule has 0 amide bonds. The van der Waals surface area contributed by atoms with Crippen LogP contribution in [0.3, 0.4) is 0 Å². The molecule has 2 heterocycles. The first-order valence-electron chi connectivity index (χ1n) is 8.71. The van der Waals surface area contributed by atoms with Crippen LogP contribution in [-0.2, 0) is 0 Å². The second-order valence-electron chi connectivity index (χ2n) is 8.79. The van der Waals surface area contributed by atoms with Crippen LogP contribution in [0.4, 0.5) is 0 Å². The minimum absolute atomic E-state index is 0.765. The van der Waals surface area contributed by atoms with E-state index in [4.69, 9.17) is 0 Å². The molecule has 6 rings (SSSR count). The van der Waals surface area contributed by atoms with E-state index < -0.39 is 0 Å². The molecule has 0 aromatic carbocycles. The fourth-order valence-corrected chi connectivity index (χ4v) is 7.04. The molecule has 1 N–H and O–H groups in total. The number of likely N-dealkylation sites (tertiary alicyclic amines) is 1. The van der Waals surface area contributed by atoms with Gasteiger partial charge in [-0.25, -0.2) is 0 Å². The topological polar surface area (TPSA) is 15.3 Å². The zero-order chi connectivity index (χ0) is 12.4. The molecule has 2 atom stereocenters. The molecule has 0 unspecified atom stereocenters. The molecule has 0 aromatic heterocycles. The molecular formula is C17H28N2. The van der Waals surface area contributed by atoms with Gasteiger partial charge in [0.25, 0.3) is 0 Å². The second-order valence-corrected chi connectivity index (χ2v) is 8.79. The van der Waals surface area contributed by atoms with E-state index in [1.54, 1.807) is 38.5 Å². The van der Waals surface area contributed by atoms with Crippen molar-refractivity contribution in [2.45, 2.75) is 38.5 Å². The van der Waals surface area contributed by atoms with Crippen molar-refractivity contribution >= 4 is 0 Å². The predicted molar refractivity (Wildman–Crippen MR) is 76.9 cm³/mol. The summed E-state index contributed by atoms with van der Waals surface area (Å²) in [4.78, 5) is 2.86. The molecule has 0 spiro atoms. The van der Waals surface area contributed by atoms with Gasteiger partial charge in [-0.3, -0.25) is 0 Å². The third-order valence-electron chi connectivity index (χ3n) is 7.19. The summed E-state index contributed by atoms with van der Waals surface area (Å²) < 4.78 is 0. The van der Waals surface area contributed by atoms with Crippen molar-refractivity contribution in [2.24, 2.45) is 35.0 Å². The Morgan fingerprint density at radius 2 is 1.37 bits per heavy atom. The smallest absolute Gasteiger partial charge is 0.00385 e. The van der Waals surface area contributed by atoms with E-state index in [2.05, 4.69) is 10.2 Å². The van der Waals surface area contributed by atoms with E-state index >= 15 is 0 Å². The number of fused-ring (bicyclic) bond motifs is 1. The molecule has 2 nitrogen and oxygen atoms in total. The van der Waals surface area contributed by atoms with Crippen LogP contribution in [0.5, 0.6) is 0 Å². The van der Waals surface area contributed by atoms with Gasteiger partial charge >= 0.3 is 0 Å². The van der Waals surface area contributed by atoms with Crippen molar-refractivity contribution in [2.75, 3.05) is 32.7 Å². The van der Waals surface area contributed by atoms with Crippen LogP contribution in [0.15, 0.2) is 0 Å². The SMILES string of the molecule is C1C2CC3CC1CC(CN1C[C@H]4CNC[C@H]4C1)(C2)C3. The van der Waals surface area contributed by atoms with Crippen LogP contribution < -0.4 is 5.32 Å². The van der Waals surface area contributed by atoms with Gasteiger partial charge in [0.15, 0.2) is 0 Å². The molecule has 106 valence electrons. The van der Waals surface area contributed by atoms with Gasteiger partial charge in [-0.15, -0.1) is 0 Å². The van der Waals surface area contributed by atoms with E-state index in [1.807, 2.05) is 0 Å². The lowest BCUT2D eigenvalue weighted by Crippen LogP contribution is -2.51. The number of rotatable bonds is 2. The quantitative estimate of drug-likeness (QED) is 0.820. The Morgan fingerprint density at radius 3 is 1.89 bits per heavy atom. The van der Waals surface area contributed by atoms with Gasteiger partial charge in [-0.2, -0.15) is 0 Å². The Bertz CT molecular complexity index is 330. The van der Waals surface area contributed by atoms with Crippen LogP contribution in [0.1, 0.15) is 38.5 Å². The zero-order valence-corrected chi connectivity index (χ0v) is 12.1. The van der Waals surface area contributed by atoms with Crippen molar-refractivity contribution < 1.29 is 0 Å². The van der Waals surface area contributed by atoms with Gasteiger partial charge in [0.05, 0.1) is 0 Å². The Morgan fingerprint density at radius 1 is 0.842 bits per heavy atom. The Kier molecular flexibility index (Phi) is 2.42. The molecule has 4 bridgehead atoms. The van der Waals surface area contributed by atoms with Crippen LogP contribution in [0, 0.1) is 35.0 Å². The van der Waals surface area contributed by atoms with E-state index in [9.17, 15) is 0 Å². The highest BCUT2D eigenvalue weighted by Crippen LogP contribution is 2.60. The average molecular weight is 260 g/mol. The minimum Gasteiger partial charge on any atom is -0.316 e. The number of nitrogens with one attached hydrogen (secondary N) is 1. The standard InChI is InChI=1S/C17H28N2/c1-12-2-14-3-13(1)5-17(4-12,6-14)11-19-9-15-7-18-8-16(15)10-19/h12-16,18H,1-11H2/t12?,13?,14?,15-,16+,17?. The van der Waals surface area contributed by atoms with Crippen LogP contribution in [0.2, 0.25) is 0 Å². The van der Waals surface area contributed by atoms with Crippen LogP contribution in [0.25, 0.3) is 0 Å². The summed E-state index contributed by atoms with van der Waals surface area (Å²) >= 11 is 0. The molecule has 4 aliphatic carbocycles. The maximum Gasteiger partial charge on any atom is 0.00385 e. The highest BCUT2D eigenvalue weighted by atomic mass is 15.2. The maximum atomic E-state index is 3.58. The monoisotopic (exact) mass is 260 g/mol. The lowest BCUT2D eigenvalue weighted by Gasteiger charge is -2.57. The van der Waals surface area contributed by atoms with Gasteiger partial charge in [0.2, 0.25) is 0 Å². The summed E-state index contributed by atoms with van der Waals surface area (Å²) in [5.74, 6) is 5.32. The third-order valence-corrected chi connectivity index (χ3v) is 7.19. The first kappa shape index (κ1) is 11.6. The normalized spacial score (nSPS) is 55.9.